The van der Waals surface area contributed by atoms with Crippen LogP contribution in [0.5, 0.6) is 0 Å². The van der Waals surface area contributed by atoms with Crippen LogP contribution in [0.3, 0.4) is 0 Å². The zero-order chi connectivity index (χ0) is 13.9. The lowest BCUT2D eigenvalue weighted by atomic mass is 10.2. The molecule has 0 unspecified atom stereocenters. The van der Waals surface area contributed by atoms with E-state index >= 15 is 0 Å². The Labute approximate surface area is 116 Å². The van der Waals surface area contributed by atoms with Crippen molar-refractivity contribution in [3.05, 3.63) is 66.1 Å². The number of carbonyl (C=O) groups excluding carboxylic acids is 1. The summed E-state index contributed by atoms with van der Waals surface area (Å²) in [4.78, 5) is 18.3. The molecule has 1 aromatic carbocycles. The first-order chi connectivity index (χ1) is 9.75. The van der Waals surface area contributed by atoms with Crippen LogP contribution in [-0.2, 0) is 6.54 Å². The predicted molar refractivity (Wildman–Crippen MR) is 75.2 cm³/mol. The summed E-state index contributed by atoms with van der Waals surface area (Å²) in [5.41, 5.74) is 2.27. The molecule has 0 aliphatic carbocycles. The van der Waals surface area contributed by atoms with Gasteiger partial charge in [0.05, 0.1) is 6.20 Å². The van der Waals surface area contributed by atoms with E-state index in [1.807, 2.05) is 30.3 Å². The first kappa shape index (κ1) is 12.3. The van der Waals surface area contributed by atoms with Gasteiger partial charge in [0.15, 0.2) is 5.65 Å². The molecule has 0 N–H and O–H groups in total. The van der Waals surface area contributed by atoms with E-state index in [4.69, 9.17) is 0 Å². The molecule has 20 heavy (non-hydrogen) atoms. The van der Waals surface area contributed by atoms with Gasteiger partial charge in [-0.3, -0.25) is 4.79 Å². The molecule has 3 aromatic rings. The van der Waals surface area contributed by atoms with E-state index in [0.717, 1.165) is 5.56 Å². The number of hydrogen-bond donors (Lipinski definition) is 0. The van der Waals surface area contributed by atoms with Crippen molar-refractivity contribution < 1.29 is 4.79 Å². The molecule has 5 heteroatoms. The Morgan fingerprint density at radius 2 is 1.95 bits per heavy atom. The average Bonchev–Trinajstić information content (AvgIpc) is 2.96. The maximum absolute atomic E-state index is 12.5. The molecule has 2 heterocycles. The lowest BCUT2D eigenvalue weighted by Gasteiger charge is -2.17. The number of hydrogen-bond acceptors (Lipinski definition) is 3. The summed E-state index contributed by atoms with van der Waals surface area (Å²) in [7, 11) is 1.78. The normalized spacial score (nSPS) is 10.7. The largest absolute Gasteiger partial charge is 0.336 e. The van der Waals surface area contributed by atoms with Gasteiger partial charge < -0.3 is 4.90 Å². The van der Waals surface area contributed by atoms with E-state index in [1.54, 1.807) is 41.0 Å². The minimum absolute atomic E-state index is 0.0787. The maximum Gasteiger partial charge on any atom is 0.272 e. The number of benzene rings is 1. The molecule has 0 radical (unpaired) electrons. The van der Waals surface area contributed by atoms with Crippen LogP contribution in [0.4, 0.5) is 0 Å². The quantitative estimate of drug-likeness (QED) is 0.728. The topological polar surface area (TPSA) is 50.5 Å². The number of carbonyl (C=O) groups is 1. The molecule has 0 spiro atoms. The Kier molecular flexibility index (Phi) is 3.16. The van der Waals surface area contributed by atoms with Crippen molar-refractivity contribution in [1.29, 1.82) is 0 Å². The Balaban J connectivity index is 1.87. The second-order valence-electron chi connectivity index (χ2n) is 4.58. The molecule has 0 aliphatic rings. The molecule has 3 rings (SSSR count). The van der Waals surface area contributed by atoms with Gasteiger partial charge in [-0.1, -0.05) is 30.3 Å². The summed E-state index contributed by atoms with van der Waals surface area (Å²) in [6.07, 6.45) is 3.26. The van der Waals surface area contributed by atoms with Crippen molar-refractivity contribution in [2.75, 3.05) is 7.05 Å². The van der Waals surface area contributed by atoms with Gasteiger partial charge in [-0.05, 0) is 11.6 Å². The molecule has 5 nitrogen and oxygen atoms in total. The number of amides is 1. The van der Waals surface area contributed by atoms with E-state index in [9.17, 15) is 4.79 Å². The number of aromatic nitrogens is 3. The zero-order valence-electron chi connectivity index (χ0n) is 11.1. The minimum atomic E-state index is -0.0787. The average molecular weight is 266 g/mol. The van der Waals surface area contributed by atoms with Crippen molar-refractivity contribution in [2.45, 2.75) is 6.54 Å². The van der Waals surface area contributed by atoms with Gasteiger partial charge in [0.1, 0.15) is 5.69 Å². The third-order valence-electron chi connectivity index (χ3n) is 3.12. The second-order valence-corrected chi connectivity index (χ2v) is 4.58. The van der Waals surface area contributed by atoms with Gasteiger partial charge in [0, 0.05) is 25.9 Å². The van der Waals surface area contributed by atoms with Gasteiger partial charge in [0.2, 0.25) is 0 Å². The summed E-state index contributed by atoms with van der Waals surface area (Å²) in [6.45, 7) is 0.560. The summed E-state index contributed by atoms with van der Waals surface area (Å²) >= 11 is 0. The maximum atomic E-state index is 12.5. The summed E-state index contributed by atoms with van der Waals surface area (Å²) in [5, 5.41) is 4.14. The van der Waals surface area contributed by atoms with Crippen LogP contribution in [0.1, 0.15) is 16.1 Å². The highest BCUT2D eigenvalue weighted by Crippen LogP contribution is 2.09. The van der Waals surface area contributed by atoms with E-state index in [2.05, 4.69) is 10.1 Å². The van der Waals surface area contributed by atoms with Crippen molar-refractivity contribution in [3.63, 3.8) is 0 Å². The lowest BCUT2D eigenvalue weighted by Crippen LogP contribution is -2.28. The molecule has 0 saturated carbocycles. The van der Waals surface area contributed by atoms with Crippen LogP contribution in [0.15, 0.2) is 54.9 Å². The SMILES string of the molecule is CN(Cc1ccccc1)C(=O)c1ccnc2ccnn12. The third kappa shape index (κ3) is 2.25. The standard InChI is InChI=1S/C15H14N4O/c1-18(11-12-5-3-2-4-6-12)15(20)13-7-9-16-14-8-10-17-19(13)14/h2-10H,11H2,1H3. The molecule has 0 bridgehead atoms. The van der Waals surface area contributed by atoms with E-state index < -0.39 is 0 Å². The summed E-state index contributed by atoms with van der Waals surface area (Å²) in [5.74, 6) is -0.0787. The fourth-order valence-electron chi connectivity index (χ4n) is 2.12. The monoisotopic (exact) mass is 266 g/mol. The molecule has 0 aliphatic heterocycles. The molecule has 2 aromatic heterocycles. The van der Waals surface area contributed by atoms with Crippen LogP contribution >= 0.6 is 0 Å². The van der Waals surface area contributed by atoms with Gasteiger partial charge in [-0.15, -0.1) is 0 Å². The van der Waals surface area contributed by atoms with Crippen LogP contribution < -0.4 is 0 Å². The fourth-order valence-corrected chi connectivity index (χ4v) is 2.12. The van der Waals surface area contributed by atoms with Crippen LogP contribution in [0.25, 0.3) is 5.65 Å². The molecule has 1 amide bonds. The van der Waals surface area contributed by atoms with Crippen LogP contribution in [0, 0.1) is 0 Å². The highest BCUT2D eigenvalue weighted by molar-refractivity contribution is 5.92. The fraction of sp³-hybridized carbons (Fsp3) is 0.133. The number of nitrogens with zero attached hydrogens (tertiary/aromatic N) is 4. The van der Waals surface area contributed by atoms with Gasteiger partial charge in [0.25, 0.3) is 5.91 Å². The van der Waals surface area contributed by atoms with Crippen molar-refractivity contribution in [1.82, 2.24) is 19.5 Å². The van der Waals surface area contributed by atoms with Crippen molar-refractivity contribution in [3.8, 4) is 0 Å². The smallest absolute Gasteiger partial charge is 0.272 e. The number of rotatable bonds is 3. The third-order valence-corrected chi connectivity index (χ3v) is 3.12. The van der Waals surface area contributed by atoms with E-state index in [1.165, 1.54) is 0 Å². The van der Waals surface area contributed by atoms with Crippen molar-refractivity contribution >= 4 is 11.6 Å². The molecule has 100 valence electrons. The second kappa shape index (κ2) is 5.13. The minimum Gasteiger partial charge on any atom is -0.336 e. The summed E-state index contributed by atoms with van der Waals surface area (Å²) in [6, 6.07) is 13.3. The first-order valence-corrected chi connectivity index (χ1v) is 6.34. The van der Waals surface area contributed by atoms with E-state index in [-0.39, 0.29) is 5.91 Å². The van der Waals surface area contributed by atoms with Crippen molar-refractivity contribution in [2.24, 2.45) is 0 Å². The van der Waals surface area contributed by atoms with Gasteiger partial charge in [-0.2, -0.15) is 5.10 Å². The first-order valence-electron chi connectivity index (χ1n) is 6.34. The Hall–Kier alpha value is -2.69. The zero-order valence-corrected chi connectivity index (χ0v) is 11.1. The molecular weight excluding hydrogens is 252 g/mol. The number of fused-ring (bicyclic) bond motifs is 1. The van der Waals surface area contributed by atoms with E-state index in [0.29, 0.717) is 17.9 Å². The summed E-state index contributed by atoms with van der Waals surface area (Å²) < 4.78 is 1.56. The van der Waals surface area contributed by atoms with Crippen LogP contribution in [0.2, 0.25) is 0 Å². The predicted octanol–water partition coefficient (Wildman–Crippen LogP) is 2.00. The van der Waals surface area contributed by atoms with Gasteiger partial charge in [-0.25, -0.2) is 9.50 Å². The van der Waals surface area contributed by atoms with Crippen LogP contribution in [-0.4, -0.2) is 32.5 Å². The molecule has 0 atom stereocenters. The Morgan fingerprint density at radius 3 is 2.75 bits per heavy atom. The molecule has 0 saturated heterocycles. The lowest BCUT2D eigenvalue weighted by molar-refractivity contribution is 0.0776. The molecule has 0 fully saturated rings. The highest BCUT2D eigenvalue weighted by atomic mass is 16.2. The highest BCUT2D eigenvalue weighted by Gasteiger charge is 2.15. The van der Waals surface area contributed by atoms with Gasteiger partial charge >= 0.3 is 0 Å². The molecular formula is C15H14N4O. The Morgan fingerprint density at radius 1 is 1.15 bits per heavy atom. The Bertz CT molecular complexity index is 736.